The Labute approximate surface area is 203 Å². The third kappa shape index (κ3) is 2.65. The number of thioether (sulfide) groups is 1. The number of rotatable bonds is 3. The first-order chi connectivity index (χ1) is 16.6. The number of carbonyl (C=O) groups is 2. The molecular formula is C25H21N3O4S2. The summed E-state index contributed by atoms with van der Waals surface area (Å²) >= 11 is 2.96. The van der Waals surface area contributed by atoms with E-state index in [-0.39, 0.29) is 57.4 Å². The Morgan fingerprint density at radius 1 is 1.06 bits per heavy atom. The van der Waals surface area contributed by atoms with Crippen LogP contribution < -0.4 is 14.5 Å². The predicted molar refractivity (Wildman–Crippen MR) is 128 cm³/mol. The van der Waals surface area contributed by atoms with E-state index in [1.54, 1.807) is 49.3 Å². The van der Waals surface area contributed by atoms with Gasteiger partial charge in [-0.2, -0.15) is 0 Å². The second-order valence-electron chi connectivity index (χ2n) is 9.46. The third-order valence-electron chi connectivity index (χ3n) is 8.10. The van der Waals surface area contributed by atoms with Gasteiger partial charge in [0.15, 0.2) is 0 Å². The maximum Gasteiger partial charge on any atom is 0.305 e. The molecule has 7 rings (SSSR count). The van der Waals surface area contributed by atoms with E-state index in [4.69, 9.17) is 4.74 Å². The molecular weight excluding hydrogens is 470 g/mol. The molecule has 172 valence electrons. The highest BCUT2D eigenvalue weighted by atomic mass is 32.2. The molecule has 4 heterocycles. The van der Waals surface area contributed by atoms with Crippen molar-refractivity contribution in [2.45, 2.75) is 22.6 Å². The maximum absolute atomic E-state index is 13.7. The first kappa shape index (κ1) is 20.5. The molecule has 9 heteroatoms. The number of benzene rings is 1. The Hall–Kier alpha value is -2.91. The number of aromatic nitrogens is 2. The molecule has 7 atom stereocenters. The zero-order valence-corrected chi connectivity index (χ0v) is 19.8. The zero-order chi connectivity index (χ0) is 23.1. The third-order valence-corrected chi connectivity index (χ3v) is 10.7. The molecule has 3 aromatic rings. The van der Waals surface area contributed by atoms with E-state index in [1.165, 1.54) is 16.2 Å². The number of hydrogen-bond donors (Lipinski definition) is 1. The lowest BCUT2D eigenvalue weighted by atomic mass is 9.68. The highest BCUT2D eigenvalue weighted by Gasteiger charge is 2.69. The molecule has 7 nitrogen and oxygen atoms in total. The molecule has 34 heavy (non-hydrogen) atoms. The van der Waals surface area contributed by atoms with Gasteiger partial charge in [-0.15, -0.1) is 11.8 Å². The Kier molecular flexibility index (Phi) is 4.39. The van der Waals surface area contributed by atoms with Crippen molar-refractivity contribution in [2.24, 2.45) is 29.6 Å². The molecule has 2 aliphatic heterocycles. The summed E-state index contributed by atoms with van der Waals surface area (Å²) in [6, 6.07) is 11.1. The first-order valence-electron chi connectivity index (χ1n) is 11.4. The monoisotopic (exact) mass is 491 g/mol. The van der Waals surface area contributed by atoms with Crippen LogP contribution in [0, 0.1) is 29.6 Å². The Morgan fingerprint density at radius 2 is 1.82 bits per heavy atom. The summed E-state index contributed by atoms with van der Waals surface area (Å²) < 4.78 is 5.23. The first-order valence-corrected chi connectivity index (χ1v) is 13.1. The summed E-state index contributed by atoms with van der Waals surface area (Å²) in [5.74, 6) is 0.309. The average molecular weight is 492 g/mol. The normalized spacial score (nSPS) is 33.1. The molecule has 0 radical (unpaired) electrons. The predicted octanol–water partition coefficient (Wildman–Crippen LogP) is 3.52. The van der Waals surface area contributed by atoms with Gasteiger partial charge >= 0.3 is 4.87 Å². The lowest BCUT2D eigenvalue weighted by Crippen LogP contribution is -2.42. The molecule has 4 aliphatic rings. The molecule has 2 saturated carbocycles. The molecule has 2 amide bonds. The Morgan fingerprint density at radius 3 is 2.53 bits per heavy atom. The summed E-state index contributed by atoms with van der Waals surface area (Å²) in [7, 11) is 1.59. The number of aromatic amines is 1. The number of H-pyrrole nitrogens is 1. The summed E-state index contributed by atoms with van der Waals surface area (Å²) in [6.07, 6.45) is 4.50. The minimum absolute atomic E-state index is 0.00721. The number of hydrogen-bond acceptors (Lipinski definition) is 7. The summed E-state index contributed by atoms with van der Waals surface area (Å²) in [5.41, 5.74) is 1.68. The van der Waals surface area contributed by atoms with Crippen molar-refractivity contribution in [3.8, 4) is 5.75 Å². The second kappa shape index (κ2) is 7.29. The van der Waals surface area contributed by atoms with Crippen LogP contribution in [0.5, 0.6) is 5.75 Å². The number of carbonyl (C=O) groups excluding carboxylic acids is 2. The summed E-state index contributed by atoms with van der Waals surface area (Å²) in [6.45, 7) is 0. The highest BCUT2D eigenvalue weighted by molar-refractivity contribution is 8.00. The molecule has 1 aromatic carbocycles. The van der Waals surface area contributed by atoms with Gasteiger partial charge < -0.3 is 9.72 Å². The molecule has 1 N–H and O–H groups in total. The van der Waals surface area contributed by atoms with E-state index in [9.17, 15) is 14.4 Å². The van der Waals surface area contributed by atoms with Crippen LogP contribution in [-0.4, -0.2) is 34.1 Å². The Balaban J connectivity index is 1.30. The van der Waals surface area contributed by atoms with Gasteiger partial charge in [-0.05, 0) is 60.1 Å². The topological polar surface area (TPSA) is 92.4 Å². The number of nitrogens with one attached hydrogen (secondary N) is 1. The number of thiazole rings is 1. The summed E-state index contributed by atoms with van der Waals surface area (Å²) in [4.78, 5) is 49.4. The molecule has 2 aliphatic carbocycles. The van der Waals surface area contributed by atoms with E-state index >= 15 is 0 Å². The second-order valence-corrected chi connectivity index (χ2v) is 11.7. The smallest absolute Gasteiger partial charge is 0.305 e. The van der Waals surface area contributed by atoms with Crippen LogP contribution in [0.4, 0.5) is 5.69 Å². The van der Waals surface area contributed by atoms with Gasteiger partial charge in [0.25, 0.3) is 0 Å². The van der Waals surface area contributed by atoms with Crippen LogP contribution in [0.25, 0.3) is 0 Å². The van der Waals surface area contributed by atoms with Crippen molar-refractivity contribution in [1.29, 1.82) is 0 Å². The van der Waals surface area contributed by atoms with Crippen molar-refractivity contribution >= 4 is 40.6 Å². The van der Waals surface area contributed by atoms with E-state index < -0.39 is 0 Å². The van der Waals surface area contributed by atoms with E-state index in [0.29, 0.717) is 11.4 Å². The molecule has 0 spiro atoms. The Bertz CT molecular complexity index is 1370. The van der Waals surface area contributed by atoms with Crippen molar-refractivity contribution in [3.63, 3.8) is 0 Å². The van der Waals surface area contributed by atoms with E-state index in [0.717, 1.165) is 21.9 Å². The minimum atomic E-state index is -0.308. The van der Waals surface area contributed by atoms with Crippen LogP contribution in [0.1, 0.15) is 22.8 Å². The number of pyridine rings is 1. The van der Waals surface area contributed by atoms with Crippen LogP contribution in [0.2, 0.25) is 0 Å². The molecule has 2 aromatic heterocycles. The van der Waals surface area contributed by atoms with Crippen molar-refractivity contribution in [3.05, 3.63) is 68.9 Å². The van der Waals surface area contributed by atoms with Crippen LogP contribution in [-0.2, 0) is 9.59 Å². The number of amides is 2. The zero-order valence-electron chi connectivity index (χ0n) is 18.2. The van der Waals surface area contributed by atoms with Gasteiger partial charge in [-0.1, -0.05) is 17.4 Å². The average Bonchev–Trinajstić information content (AvgIpc) is 3.58. The fraction of sp³-hybridized carbons (Fsp3) is 0.360. The molecule has 1 saturated heterocycles. The van der Waals surface area contributed by atoms with Gasteiger partial charge in [0.05, 0.1) is 29.7 Å². The van der Waals surface area contributed by atoms with Gasteiger partial charge in [0.2, 0.25) is 11.8 Å². The molecule has 2 bridgehead atoms. The van der Waals surface area contributed by atoms with Crippen molar-refractivity contribution in [2.75, 3.05) is 12.0 Å². The van der Waals surface area contributed by atoms with Crippen LogP contribution in [0.15, 0.2) is 58.6 Å². The SMILES string of the molecule is COc1ccc(N2C(=O)[C@H]3[C@@H]4C[C@H]([C@@H]3C2=O)[C@H]2[C@H](c3cccnc3)c3sc(=O)[nH]c3S[C@H]42)cc1. The van der Waals surface area contributed by atoms with Crippen LogP contribution in [0.3, 0.4) is 0 Å². The number of nitrogens with zero attached hydrogens (tertiary/aromatic N) is 2. The van der Waals surface area contributed by atoms with Gasteiger partial charge in [0, 0.05) is 28.4 Å². The fourth-order valence-electron chi connectivity index (χ4n) is 6.94. The van der Waals surface area contributed by atoms with Gasteiger partial charge in [-0.25, -0.2) is 0 Å². The van der Waals surface area contributed by atoms with Crippen LogP contribution >= 0.6 is 23.1 Å². The summed E-state index contributed by atoms with van der Waals surface area (Å²) in [5, 5.41) is 1.10. The highest BCUT2D eigenvalue weighted by Crippen LogP contribution is 2.68. The number of methoxy groups -OCH3 is 1. The van der Waals surface area contributed by atoms with E-state index in [2.05, 4.69) is 16.0 Å². The quantitative estimate of drug-likeness (QED) is 0.564. The lowest BCUT2D eigenvalue weighted by molar-refractivity contribution is -0.123. The number of ether oxygens (including phenoxy) is 1. The maximum atomic E-state index is 13.7. The largest absolute Gasteiger partial charge is 0.497 e. The van der Waals surface area contributed by atoms with E-state index in [1.807, 2.05) is 12.3 Å². The molecule has 0 unspecified atom stereocenters. The van der Waals surface area contributed by atoms with Gasteiger partial charge in [-0.3, -0.25) is 24.3 Å². The van der Waals surface area contributed by atoms with Crippen molar-refractivity contribution < 1.29 is 14.3 Å². The standard InChI is InChI=1S/C25H21N3O4S2/c1-32-13-6-4-12(5-7-13)28-23(29)18-14-9-15(19(18)24(28)30)20-17(14)16(11-3-2-8-26-10-11)21-22(33-20)27-25(31)34-21/h2-8,10,14-20H,9H2,1H3,(H,27,31)/t14-,15-,16-,17-,18-,19-,20+/m0/s1. The number of fused-ring (bicyclic) bond motifs is 9. The fourth-order valence-corrected chi connectivity index (χ4v) is 9.82. The van der Waals surface area contributed by atoms with Gasteiger partial charge in [0.1, 0.15) is 5.75 Å². The minimum Gasteiger partial charge on any atom is -0.497 e. The molecule has 3 fully saturated rings. The number of anilines is 1. The number of imide groups is 1. The van der Waals surface area contributed by atoms with Crippen molar-refractivity contribution in [1.82, 2.24) is 9.97 Å². The lowest BCUT2D eigenvalue weighted by Gasteiger charge is -2.42.